The van der Waals surface area contributed by atoms with Crippen LogP contribution in [0.15, 0.2) is 65.8 Å². The first kappa shape index (κ1) is 13.3. The van der Waals surface area contributed by atoms with E-state index in [-0.39, 0.29) is 16.3 Å². The number of para-hydroxylation sites is 1. The highest BCUT2D eigenvalue weighted by Crippen LogP contribution is 2.25. The van der Waals surface area contributed by atoms with Crippen molar-refractivity contribution in [1.82, 2.24) is 15.2 Å². The molecule has 0 saturated carbocycles. The Bertz CT molecular complexity index is 831. The van der Waals surface area contributed by atoms with Gasteiger partial charge in [-0.15, -0.1) is 0 Å². The van der Waals surface area contributed by atoms with Crippen molar-refractivity contribution in [2.75, 3.05) is 0 Å². The van der Waals surface area contributed by atoms with Crippen LogP contribution in [0, 0.1) is 0 Å². The Morgan fingerprint density at radius 2 is 1.76 bits per heavy atom. The van der Waals surface area contributed by atoms with Gasteiger partial charge in [-0.3, -0.25) is 10.1 Å². The lowest BCUT2D eigenvalue weighted by atomic mass is 10.3. The molecule has 7 heteroatoms. The van der Waals surface area contributed by atoms with Crippen molar-refractivity contribution in [2.45, 2.75) is 4.90 Å². The Balaban J connectivity index is 2.04. The lowest BCUT2D eigenvalue weighted by molar-refractivity contribution is 0.486. The molecule has 2 aromatic heterocycles. The van der Waals surface area contributed by atoms with E-state index in [1.165, 1.54) is 18.5 Å². The van der Waals surface area contributed by atoms with Gasteiger partial charge in [-0.2, -0.15) is 13.5 Å². The number of aromatic amines is 1. The SMILES string of the molecule is O=S(=O)(Oc1ccccc1)c1cccnc1-c1ccn[nH]1. The molecule has 2 heterocycles. The molecule has 0 amide bonds. The molecule has 1 aromatic carbocycles. The molecular weight excluding hydrogens is 290 g/mol. The zero-order chi connectivity index (χ0) is 14.7. The Morgan fingerprint density at radius 1 is 0.952 bits per heavy atom. The minimum absolute atomic E-state index is 0.0156. The predicted molar refractivity (Wildman–Crippen MR) is 76.1 cm³/mol. The Morgan fingerprint density at radius 3 is 2.48 bits per heavy atom. The van der Waals surface area contributed by atoms with E-state index in [0.29, 0.717) is 5.69 Å². The summed E-state index contributed by atoms with van der Waals surface area (Å²) in [5, 5.41) is 6.50. The summed E-state index contributed by atoms with van der Waals surface area (Å²) >= 11 is 0. The van der Waals surface area contributed by atoms with Gasteiger partial charge in [0.2, 0.25) is 0 Å². The largest absolute Gasteiger partial charge is 0.379 e. The average Bonchev–Trinajstić information content (AvgIpc) is 3.02. The van der Waals surface area contributed by atoms with Gasteiger partial charge in [-0.25, -0.2) is 0 Å². The maximum Gasteiger partial charge on any atom is 0.341 e. The Labute approximate surface area is 121 Å². The molecule has 0 aliphatic carbocycles. The molecule has 0 radical (unpaired) electrons. The van der Waals surface area contributed by atoms with Crippen molar-refractivity contribution in [2.24, 2.45) is 0 Å². The van der Waals surface area contributed by atoms with E-state index in [1.807, 2.05) is 0 Å². The first-order chi connectivity index (χ1) is 10.2. The van der Waals surface area contributed by atoms with Crippen LogP contribution in [-0.2, 0) is 10.1 Å². The summed E-state index contributed by atoms with van der Waals surface area (Å²) < 4.78 is 30.0. The molecule has 6 nitrogen and oxygen atoms in total. The maximum atomic E-state index is 12.4. The molecule has 0 aliphatic heterocycles. The van der Waals surface area contributed by atoms with Crippen molar-refractivity contribution < 1.29 is 12.6 Å². The van der Waals surface area contributed by atoms with Crippen LogP contribution in [0.1, 0.15) is 0 Å². The molecule has 0 atom stereocenters. The highest BCUT2D eigenvalue weighted by Gasteiger charge is 2.23. The first-order valence-corrected chi connectivity index (χ1v) is 7.52. The van der Waals surface area contributed by atoms with E-state index >= 15 is 0 Å². The third-order valence-corrected chi connectivity index (χ3v) is 4.03. The van der Waals surface area contributed by atoms with Crippen LogP contribution in [0.25, 0.3) is 11.4 Å². The molecule has 0 bridgehead atoms. The van der Waals surface area contributed by atoms with Crippen molar-refractivity contribution in [3.63, 3.8) is 0 Å². The third-order valence-electron chi connectivity index (χ3n) is 2.75. The summed E-state index contributed by atoms with van der Waals surface area (Å²) in [7, 11) is -3.98. The van der Waals surface area contributed by atoms with Gasteiger partial charge in [0.15, 0.2) is 0 Å². The van der Waals surface area contributed by atoms with Gasteiger partial charge in [0.25, 0.3) is 0 Å². The van der Waals surface area contributed by atoms with E-state index < -0.39 is 10.1 Å². The molecule has 0 aliphatic rings. The number of nitrogens with zero attached hydrogens (tertiary/aromatic N) is 2. The van der Waals surface area contributed by atoms with Crippen LogP contribution in [0.2, 0.25) is 0 Å². The van der Waals surface area contributed by atoms with Gasteiger partial charge in [-0.05, 0) is 30.3 Å². The third kappa shape index (κ3) is 2.77. The number of hydrogen-bond donors (Lipinski definition) is 1. The monoisotopic (exact) mass is 301 g/mol. The lowest BCUT2D eigenvalue weighted by Gasteiger charge is -2.09. The maximum absolute atomic E-state index is 12.4. The Hall–Kier alpha value is -2.67. The smallest absolute Gasteiger partial charge is 0.341 e. The summed E-state index contributed by atoms with van der Waals surface area (Å²) in [4.78, 5) is 4.08. The van der Waals surface area contributed by atoms with Crippen molar-refractivity contribution in [3.05, 3.63) is 60.9 Å². The van der Waals surface area contributed by atoms with E-state index in [9.17, 15) is 8.42 Å². The molecule has 21 heavy (non-hydrogen) atoms. The van der Waals surface area contributed by atoms with E-state index in [4.69, 9.17) is 4.18 Å². The Kier molecular flexibility index (Phi) is 3.41. The quantitative estimate of drug-likeness (QED) is 0.747. The molecule has 3 rings (SSSR count). The number of hydrogen-bond acceptors (Lipinski definition) is 5. The fraction of sp³-hybridized carbons (Fsp3) is 0. The number of nitrogens with one attached hydrogen (secondary N) is 1. The molecule has 0 saturated heterocycles. The normalized spacial score (nSPS) is 11.2. The van der Waals surface area contributed by atoms with Gasteiger partial charge in [0.1, 0.15) is 16.3 Å². The minimum atomic E-state index is -3.98. The van der Waals surface area contributed by atoms with E-state index in [2.05, 4.69) is 15.2 Å². The van der Waals surface area contributed by atoms with Gasteiger partial charge in [0.05, 0.1) is 5.69 Å². The summed E-state index contributed by atoms with van der Waals surface area (Å²) in [6.07, 6.45) is 3.04. The van der Waals surface area contributed by atoms with Gasteiger partial charge in [-0.1, -0.05) is 18.2 Å². The first-order valence-electron chi connectivity index (χ1n) is 6.11. The van der Waals surface area contributed by atoms with Crippen LogP contribution in [-0.4, -0.2) is 23.6 Å². The van der Waals surface area contributed by atoms with Gasteiger partial charge in [0, 0.05) is 12.4 Å². The fourth-order valence-corrected chi connectivity index (χ4v) is 2.93. The van der Waals surface area contributed by atoms with Crippen LogP contribution >= 0.6 is 0 Å². The summed E-state index contributed by atoms with van der Waals surface area (Å²) in [5.74, 6) is 0.247. The summed E-state index contributed by atoms with van der Waals surface area (Å²) in [6.45, 7) is 0. The minimum Gasteiger partial charge on any atom is -0.379 e. The van der Waals surface area contributed by atoms with E-state index in [1.54, 1.807) is 42.5 Å². The molecule has 3 aromatic rings. The predicted octanol–water partition coefficient (Wildman–Crippen LogP) is 2.24. The van der Waals surface area contributed by atoms with Crippen molar-refractivity contribution in [3.8, 4) is 17.1 Å². The van der Waals surface area contributed by atoms with Crippen LogP contribution in [0.4, 0.5) is 0 Å². The number of H-pyrrole nitrogens is 1. The standard InChI is InChI=1S/C14H11N3O3S/c18-21(19,20-11-5-2-1-3-6-11)13-7-4-9-15-14(13)12-8-10-16-17-12/h1-10H,(H,16,17). The van der Waals surface area contributed by atoms with Crippen molar-refractivity contribution >= 4 is 10.1 Å². The topological polar surface area (TPSA) is 84.9 Å². The molecule has 0 spiro atoms. The highest BCUT2D eigenvalue weighted by atomic mass is 32.2. The molecule has 0 unspecified atom stereocenters. The zero-order valence-corrected chi connectivity index (χ0v) is 11.6. The van der Waals surface area contributed by atoms with Crippen LogP contribution in [0.5, 0.6) is 5.75 Å². The van der Waals surface area contributed by atoms with Crippen LogP contribution < -0.4 is 4.18 Å². The summed E-state index contributed by atoms with van der Waals surface area (Å²) in [5.41, 5.74) is 0.775. The molecule has 106 valence electrons. The molecular formula is C14H11N3O3S. The second kappa shape index (κ2) is 5.37. The fourth-order valence-electron chi connectivity index (χ4n) is 1.83. The van der Waals surface area contributed by atoms with Crippen LogP contribution in [0.3, 0.4) is 0 Å². The number of rotatable bonds is 4. The number of aromatic nitrogens is 3. The number of benzene rings is 1. The van der Waals surface area contributed by atoms with Gasteiger partial charge >= 0.3 is 10.1 Å². The summed E-state index contributed by atoms with van der Waals surface area (Å²) in [6, 6.07) is 13.0. The second-order valence-corrected chi connectivity index (χ2v) is 5.69. The average molecular weight is 301 g/mol. The van der Waals surface area contributed by atoms with Gasteiger partial charge < -0.3 is 4.18 Å². The highest BCUT2D eigenvalue weighted by molar-refractivity contribution is 7.87. The lowest BCUT2D eigenvalue weighted by Crippen LogP contribution is -2.11. The molecule has 1 N–H and O–H groups in total. The van der Waals surface area contributed by atoms with E-state index in [0.717, 1.165) is 0 Å². The molecule has 0 fully saturated rings. The van der Waals surface area contributed by atoms with Crippen molar-refractivity contribution in [1.29, 1.82) is 0 Å². The number of pyridine rings is 1. The zero-order valence-electron chi connectivity index (χ0n) is 10.8. The second-order valence-electron chi connectivity index (χ2n) is 4.17.